The largest absolute Gasteiger partial charge is 0.392 e. The molecule has 7 heterocycles. The second-order valence-electron chi connectivity index (χ2n) is 12.9. The SMILES string of the molecule is C.C.C#C[C@]1(CO)O[C@@H](n2ccc(-n3cncn3)nc2=O)CC1O.C#C[C@]1(CO)O[C@@H](n2ccc(=O)[nH]c2=O)CC1O.C#C[C@]1(CO)O[C@@H](n2ccc(N)nc2=O)CC1O.[Ac].[Ac].[Ac].[Ac]. The number of terminal acetylenes is 3. The van der Waals surface area contributed by atoms with Crippen LogP contribution in [0.4, 0.5) is 5.82 Å². The van der Waals surface area contributed by atoms with E-state index in [1.165, 1.54) is 51.1 Å². The maximum atomic E-state index is 12.1. The zero-order valence-electron chi connectivity index (χ0n) is 32.6. The number of aromatic nitrogens is 9. The Bertz CT molecular complexity index is 2470. The third-order valence-corrected chi connectivity index (χ3v) is 9.47. The summed E-state index contributed by atoms with van der Waals surface area (Å²) in [5.74, 6) is 7.08. The number of nitrogens with one attached hydrogen (secondary N) is 1. The van der Waals surface area contributed by atoms with E-state index in [1.807, 2.05) is 0 Å². The van der Waals surface area contributed by atoms with Crippen LogP contribution in [-0.4, -0.2) is 129 Å². The van der Waals surface area contributed by atoms with Crippen molar-refractivity contribution in [1.82, 2.24) is 43.4 Å². The van der Waals surface area contributed by atoms with Crippen molar-refractivity contribution >= 4 is 5.82 Å². The fourth-order valence-electron chi connectivity index (χ4n) is 6.09. The van der Waals surface area contributed by atoms with Crippen LogP contribution in [0, 0.1) is 213 Å². The molecule has 23 nitrogen and oxygen atoms in total. The molecular weight excluding hydrogens is 1700 g/mol. The van der Waals surface area contributed by atoms with Crippen molar-refractivity contribution < 1.29 is 221 Å². The van der Waals surface area contributed by atoms with Crippen LogP contribution < -0.4 is 28.4 Å². The molecular formula is C37H46Ac4N10O13. The summed E-state index contributed by atoms with van der Waals surface area (Å²) in [5.41, 5.74) is -1.50. The summed E-state index contributed by atoms with van der Waals surface area (Å²) in [6.07, 6.45) is 17.3. The molecule has 0 spiro atoms. The molecule has 4 aromatic rings. The van der Waals surface area contributed by atoms with E-state index >= 15 is 0 Å². The Morgan fingerprint density at radius 3 is 1.44 bits per heavy atom. The summed E-state index contributed by atoms with van der Waals surface area (Å²) in [7, 11) is 0. The number of hydrogen-bond donors (Lipinski definition) is 8. The quantitative estimate of drug-likeness (QED) is 0.0829. The summed E-state index contributed by atoms with van der Waals surface area (Å²) in [6.45, 7) is -1.63. The molecule has 9 N–H and O–H groups in total. The first-order valence-corrected chi connectivity index (χ1v) is 17.1. The maximum absolute atomic E-state index is 12.1. The summed E-state index contributed by atoms with van der Waals surface area (Å²) in [5, 5.41) is 61.2. The minimum Gasteiger partial charge on any atom is -0.392 e. The van der Waals surface area contributed by atoms with Gasteiger partial charge in [0.15, 0.2) is 22.6 Å². The van der Waals surface area contributed by atoms with E-state index in [0.29, 0.717) is 5.82 Å². The van der Waals surface area contributed by atoms with E-state index in [0.717, 1.165) is 10.6 Å². The molecule has 7 rings (SSSR count). The number of anilines is 1. The maximum Gasteiger partial charge on any atom is 0.351 e. The normalized spacial score (nSPS) is 27.0. The van der Waals surface area contributed by atoms with Gasteiger partial charge in [-0.3, -0.25) is 23.5 Å². The van der Waals surface area contributed by atoms with Gasteiger partial charge in [-0.05, 0) is 12.1 Å². The van der Waals surface area contributed by atoms with Gasteiger partial charge in [-0.25, -0.2) is 24.0 Å². The Hall–Kier alpha value is -0.534. The molecule has 0 amide bonds. The van der Waals surface area contributed by atoms with E-state index in [-0.39, 0.29) is 216 Å². The zero-order chi connectivity index (χ0) is 42.4. The molecule has 3 unspecified atom stereocenters. The van der Waals surface area contributed by atoms with Gasteiger partial charge in [0.25, 0.3) is 5.56 Å². The van der Waals surface area contributed by atoms with Crippen LogP contribution in [0.2, 0.25) is 0 Å². The predicted octanol–water partition coefficient (Wildman–Crippen LogP) is -3.61. The van der Waals surface area contributed by atoms with Gasteiger partial charge in [-0.1, -0.05) is 32.6 Å². The molecule has 64 heavy (non-hydrogen) atoms. The van der Waals surface area contributed by atoms with E-state index in [2.05, 4.69) is 42.8 Å². The van der Waals surface area contributed by atoms with Crippen LogP contribution in [0.5, 0.6) is 0 Å². The minimum atomic E-state index is -1.51. The second kappa shape index (κ2) is 28.8. The smallest absolute Gasteiger partial charge is 0.351 e. The number of H-pyrrole nitrogens is 1. The molecule has 27 heteroatoms. The van der Waals surface area contributed by atoms with Gasteiger partial charge >= 0.3 is 17.1 Å². The van der Waals surface area contributed by atoms with Crippen molar-refractivity contribution in [1.29, 1.82) is 0 Å². The molecule has 9 atom stereocenters. The van der Waals surface area contributed by atoms with Crippen LogP contribution in [0.3, 0.4) is 0 Å². The monoisotopic (exact) mass is 1750 g/mol. The Morgan fingerprint density at radius 1 is 0.688 bits per heavy atom. The number of aliphatic hydroxyl groups excluding tert-OH is 6. The number of nitrogens with zero attached hydrogens (tertiary/aromatic N) is 8. The summed E-state index contributed by atoms with van der Waals surface area (Å²) >= 11 is 0. The van der Waals surface area contributed by atoms with Gasteiger partial charge in [0.05, 0.1) is 19.8 Å². The fraction of sp³-hybridized carbons (Fsp3) is 0.459. The minimum absolute atomic E-state index is 0. The Kier molecular flexibility index (Phi) is 29.5. The van der Waals surface area contributed by atoms with Gasteiger partial charge in [-0.2, -0.15) is 15.1 Å². The Balaban J connectivity index is 0. The first-order valence-electron chi connectivity index (χ1n) is 17.1. The topological polar surface area (TPSA) is 330 Å². The van der Waals surface area contributed by atoms with Crippen LogP contribution in [-0.2, 0) is 14.2 Å². The Morgan fingerprint density at radius 2 is 1.09 bits per heavy atom. The molecule has 0 aromatic carbocycles. The number of rotatable bonds is 7. The third kappa shape index (κ3) is 14.5. The zero-order valence-corrected chi connectivity index (χ0v) is 51.5. The van der Waals surface area contributed by atoms with Gasteiger partial charge < -0.3 is 50.6 Å². The van der Waals surface area contributed by atoms with Crippen LogP contribution >= 0.6 is 0 Å². The van der Waals surface area contributed by atoms with Crippen molar-refractivity contribution in [3.05, 3.63) is 91.3 Å². The molecule has 3 saturated heterocycles. The first-order chi connectivity index (χ1) is 27.6. The van der Waals surface area contributed by atoms with Gasteiger partial charge in [0.2, 0.25) is 0 Å². The number of hydrogen-bond acceptors (Lipinski definition) is 18. The first kappa shape index (κ1) is 65.5. The molecule has 334 valence electrons. The molecule has 3 fully saturated rings. The van der Waals surface area contributed by atoms with Crippen molar-refractivity contribution in [2.24, 2.45) is 0 Å². The standard InChI is InChI=1S/C13H13N5O4.C11H13N3O4.C11H12N2O5.2CH4.4Ac/c1-2-13(6-19)9(20)5-11(22-13)17-4-3-10(16-12(17)21)18-8-14-7-15-18;1-2-11(6-15)7(16)5-9(18-11)14-4-3-8(12)13-10(14)17;1-2-11(6-14)7(15)5-9(18-11)13-4-3-8(16)12-10(13)17;;;;;;/h1,3-4,7-9,11,19-20H,5-6H2;1,3-4,7,9,15-16H,5-6H2,(H2,12,13,17);1,3-4,7,9,14-15H,5-6H2,(H,12,16,17);2*1H4;;;;/t9?,11-,13-;2*7?,9-,11-;;;;;;/m111....../s1. The summed E-state index contributed by atoms with van der Waals surface area (Å²) in [4.78, 5) is 59.5. The van der Waals surface area contributed by atoms with Crippen LogP contribution in [0.1, 0.15) is 52.8 Å². The second-order valence-corrected chi connectivity index (χ2v) is 12.9. The number of ether oxygens (including phenoxy) is 3. The van der Waals surface area contributed by atoms with E-state index in [9.17, 15) is 49.8 Å². The molecule has 3 aliphatic rings. The van der Waals surface area contributed by atoms with Crippen molar-refractivity contribution in [2.45, 2.75) is 87.9 Å². The number of nitrogen functional groups attached to an aromatic ring is 1. The molecule has 4 aromatic heterocycles. The molecule has 0 saturated carbocycles. The molecule has 0 bridgehead atoms. The average molecular weight is 1750 g/mol. The van der Waals surface area contributed by atoms with E-state index in [4.69, 9.17) is 39.2 Å². The van der Waals surface area contributed by atoms with E-state index < -0.39 is 96.2 Å². The van der Waals surface area contributed by atoms with Crippen molar-refractivity contribution in [3.63, 3.8) is 0 Å². The summed E-state index contributed by atoms with van der Waals surface area (Å²) in [6, 6.07) is 4.15. The molecule has 3 aliphatic heterocycles. The fourth-order valence-corrected chi connectivity index (χ4v) is 6.09. The average Bonchev–Trinajstić information content (AvgIpc) is 4.01. The predicted molar refractivity (Wildman–Crippen MR) is 209 cm³/mol. The molecule has 4 radical (unpaired) electrons. The third-order valence-electron chi connectivity index (χ3n) is 9.47. The van der Waals surface area contributed by atoms with Crippen molar-refractivity contribution in [3.8, 4) is 42.8 Å². The van der Waals surface area contributed by atoms with Crippen LogP contribution in [0.25, 0.3) is 5.82 Å². The Labute approximate surface area is 509 Å². The van der Waals surface area contributed by atoms with Gasteiger partial charge in [-0.15, -0.1) is 19.3 Å². The number of nitrogens with two attached hydrogens (primary N) is 1. The number of aromatic amines is 1. The summed E-state index contributed by atoms with van der Waals surface area (Å²) < 4.78 is 21.1. The van der Waals surface area contributed by atoms with Gasteiger partial charge in [0.1, 0.15) is 55.5 Å². The van der Waals surface area contributed by atoms with Crippen molar-refractivity contribution in [2.75, 3.05) is 25.6 Å². The van der Waals surface area contributed by atoms with E-state index in [1.54, 1.807) is 6.07 Å². The van der Waals surface area contributed by atoms with Crippen LogP contribution in [0.15, 0.2) is 68.6 Å². The van der Waals surface area contributed by atoms with Gasteiger partial charge in [0, 0.05) is 220 Å². The number of aliphatic hydroxyl groups is 6. The molecule has 0 aliphatic carbocycles.